The van der Waals surface area contributed by atoms with Crippen molar-refractivity contribution in [1.82, 2.24) is 4.90 Å². The summed E-state index contributed by atoms with van der Waals surface area (Å²) in [7, 11) is -2.37. The van der Waals surface area contributed by atoms with E-state index in [4.69, 9.17) is 4.74 Å². The number of hydrogen-bond donors (Lipinski definition) is 2. The van der Waals surface area contributed by atoms with Crippen molar-refractivity contribution in [3.63, 3.8) is 0 Å². The summed E-state index contributed by atoms with van der Waals surface area (Å²) in [5, 5.41) is 2.78. The smallest absolute Gasteiger partial charge is 0.262 e. The highest BCUT2D eigenvalue weighted by Crippen LogP contribution is 2.26. The first-order valence-corrected chi connectivity index (χ1v) is 12.6. The number of likely N-dealkylation sites (tertiary alicyclic amines) is 1. The van der Waals surface area contributed by atoms with Gasteiger partial charge in [0.25, 0.3) is 10.0 Å². The van der Waals surface area contributed by atoms with Gasteiger partial charge in [-0.2, -0.15) is 0 Å². The third-order valence-corrected chi connectivity index (χ3v) is 7.41. The van der Waals surface area contributed by atoms with Gasteiger partial charge < -0.3 is 15.0 Å². The van der Waals surface area contributed by atoms with Crippen LogP contribution in [0.4, 0.5) is 11.4 Å². The van der Waals surface area contributed by atoms with Crippen LogP contribution in [0.3, 0.4) is 0 Å². The number of aryl methyl sites for hydroxylation is 1. The third kappa shape index (κ3) is 5.81. The van der Waals surface area contributed by atoms with Gasteiger partial charge in [0.15, 0.2) is 0 Å². The van der Waals surface area contributed by atoms with Crippen LogP contribution < -0.4 is 14.8 Å². The summed E-state index contributed by atoms with van der Waals surface area (Å²) < 4.78 is 33.7. The van der Waals surface area contributed by atoms with Crippen molar-refractivity contribution < 1.29 is 22.7 Å². The summed E-state index contributed by atoms with van der Waals surface area (Å²) in [6.45, 7) is 2.45. The lowest BCUT2D eigenvalue weighted by Gasteiger charge is -2.17. The van der Waals surface area contributed by atoms with Gasteiger partial charge in [-0.25, -0.2) is 8.42 Å². The highest BCUT2D eigenvalue weighted by molar-refractivity contribution is 7.92. The summed E-state index contributed by atoms with van der Waals surface area (Å²) in [6.07, 6.45) is 0.120. The Morgan fingerprint density at radius 2 is 1.71 bits per heavy atom. The average molecular weight is 494 g/mol. The van der Waals surface area contributed by atoms with Crippen LogP contribution in [0.25, 0.3) is 0 Å². The molecule has 0 bridgehead atoms. The molecule has 3 aromatic carbocycles. The number of amides is 2. The molecule has 1 atom stereocenters. The Labute approximate surface area is 205 Å². The number of carbonyl (C=O) groups is 2. The van der Waals surface area contributed by atoms with Crippen molar-refractivity contribution in [3.05, 3.63) is 83.9 Å². The maximum Gasteiger partial charge on any atom is 0.262 e. The highest BCUT2D eigenvalue weighted by atomic mass is 32.2. The molecule has 2 N–H and O–H groups in total. The van der Waals surface area contributed by atoms with E-state index in [1.165, 1.54) is 13.2 Å². The molecule has 1 aliphatic heterocycles. The molecule has 1 fully saturated rings. The predicted molar refractivity (Wildman–Crippen MR) is 134 cm³/mol. The monoisotopic (exact) mass is 493 g/mol. The Bertz CT molecular complexity index is 1320. The molecule has 182 valence electrons. The van der Waals surface area contributed by atoms with E-state index in [-0.39, 0.29) is 23.1 Å². The summed E-state index contributed by atoms with van der Waals surface area (Å²) in [5.74, 6) is -0.291. The summed E-state index contributed by atoms with van der Waals surface area (Å²) in [6, 6.07) is 20.9. The minimum absolute atomic E-state index is 0.0549. The lowest BCUT2D eigenvalue weighted by atomic mass is 10.1. The summed E-state index contributed by atoms with van der Waals surface area (Å²) >= 11 is 0. The Morgan fingerprint density at radius 1 is 1.03 bits per heavy atom. The quantitative estimate of drug-likeness (QED) is 0.497. The first kappa shape index (κ1) is 24.3. The van der Waals surface area contributed by atoms with Crippen LogP contribution >= 0.6 is 0 Å². The molecule has 1 saturated heterocycles. The van der Waals surface area contributed by atoms with Crippen LogP contribution in [0.15, 0.2) is 77.7 Å². The van der Waals surface area contributed by atoms with Gasteiger partial charge in [0.2, 0.25) is 11.8 Å². The SMILES string of the molecule is COc1ccc(NS(=O)(=O)c2cc(NC(=O)C3CC(=O)N(Cc4ccccc4)C3)ccc2C)cc1. The molecule has 1 aliphatic rings. The van der Waals surface area contributed by atoms with Gasteiger partial charge in [-0.1, -0.05) is 36.4 Å². The fraction of sp³-hybridized carbons (Fsp3) is 0.231. The van der Waals surface area contributed by atoms with E-state index < -0.39 is 15.9 Å². The summed E-state index contributed by atoms with van der Waals surface area (Å²) in [5.41, 5.74) is 2.28. The fourth-order valence-electron chi connectivity index (χ4n) is 3.99. The topological polar surface area (TPSA) is 105 Å². The normalized spacial score (nSPS) is 15.7. The highest BCUT2D eigenvalue weighted by Gasteiger charge is 2.34. The van der Waals surface area contributed by atoms with Crippen LogP contribution in [0.1, 0.15) is 17.5 Å². The fourth-order valence-corrected chi connectivity index (χ4v) is 5.32. The molecule has 9 heteroatoms. The number of benzene rings is 3. The van der Waals surface area contributed by atoms with Crippen LogP contribution in [0.2, 0.25) is 0 Å². The summed E-state index contributed by atoms with van der Waals surface area (Å²) in [4.78, 5) is 27.1. The van der Waals surface area contributed by atoms with Crippen LogP contribution in [0, 0.1) is 12.8 Å². The number of methoxy groups -OCH3 is 1. The predicted octanol–water partition coefficient (Wildman–Crippen LogP) is 3.79. The second-order valence-corrected chi connectivity index (χ2v) is 10.1. The lowest BCUT2D eigenvalue weighted by Crippen LogP contribution is -2.28. The molecule has 35 heavy (non-hydrogen) atoms. The zero-order valence-electron chi connectivity index (χ0n) is 19.5. The molecule has 1 unspecified atom stereocenters. The third-order valence-electron chi connectivity index (χ3n) is 5.89. The first-order valence-electron chi connectivity index (χ1n) is 11.2. The van der Waals surface area contributed by atoms with Gasteiger partial charge in [-0.15, -0.1) is 0 Å². The van der Waals surface area contributed by atoms with Crippen molar-refractivity contribution in [1.29, 1.82) is 0 Å². The number of rotatable bonds is 8. The van der Waals surface area contributed by atoms with Gasteiger partial charge in [0.05, 0.1) is 17.9 Å². The Hall–Kier alpha value is -3.85. The van der Waals surface area contributed by atoms with E-state index in [9.17, 15) is 18.0 Å². The van der Waals surface area contributed by atoms with Crippen LogP contribution in [-0.2, 0) is 26.2 Å². The number of ether oxygens (including phenoxy) is 1. The minimum atomic E-state index is -3.90. The zero-order chi connectivity index (χ0) is 25.0. The Morgan fingerprint density at radius 3 is 2.40 bits per heavy atom. The van der Waals surface area contributed by atoms with E-state index >= 15 is 0 Å². The molecule has 2 amide bonds. The van der Waals surface area contributed by atoms with Gasteiger partial charge in [0, 0.05) is 30.9 Å². The minimum Gasteiger partial charge on any atom is -0.497 e. The first-order chi connectivity index (χ1) is 16.7. The van der Waals surface area contributed by atoms with Crippen molar-refractivity contribution >= 4 is 33.2 Å². The number of hydrogen-bond acceptors (Lipinski definition) is 5. The molecule has 1 heterocycles. The molecule has 0 radical (unpaired) electrons. The Kier molecular flexibility index (Phi) is 7.07. The number of sulfonamides is 1. The molecular weight excluding hydrogens is 466 g/mol. The van der Waals surface area contributed by atoms with Crippen LogP contribution in [0.5, 0.6) is 5.75 Å². The number of nitrogens with zero attached hydrogens (tertiary/aromatic N) is 1. The molecular formula is C26H27N3O5S. The van der Waals surface area contributed by atoms with E-state index in [0.717, 1.165) is 5.56 Å². The van der Waals surface area contributed by atoms with E-state index in [1.807, 2.05) is 30.3 Å². The van der Waals surface area contributed by atoms with Crippen molar-refractivity contribution in [2.45, 2.75) is 24.8 Å². The van der Waals surface area contributed by atoms with E-state index in [2.05, 4.69) is 10.0 Å². The molecule has 0 aliphatic carbocycles. The van der Waals surface area contributed by atoms with Crippen molar-refractivity contribution in [2.24, 2.45) is 5.92 Å². The van der Waals surface area contributed by atoms with Gasteiger partial charge in [-0.05, 0) is 54.4 Å². The number of anilines is 2. The number of nitrogens with one attached hydrogen (secondary N) is 2. The largest absolute Gasteiger partial charge is 0.497 e. The second kappa shape index (κ2) is 10.2. The van der Waals surface area contributed by atoms with Gasteiger partial charge in [0.1, 0.15) is 5.75 Å². The lowest BCUT2D eigenvalue weighted by molar-refractivity contribution is -0.128. The second-order valence-electron chi connectivity index (χ2n) is 8.46. The number of carbonyl (C=O) groups excluding carboxylic acids is 2. The molecule has 0 spiro atoms. The Balaban J connectivity index is 1.44. The molecule has 3 aromatic rings. The maximum atomic E-state index is 13.0. The molecule has 4 rings (SSSR count). The zero-order valence-corrected chi connectivity index (χ0v) is 20.3. The van der Waals surface area contributed by atoms with E-state index in [1.54, 1.807) is 48.2 Å². The van der Waals surface area contributed by atoms with Crippen molar-refractivity contribution in [3.8, 4) is 5.75 Å². The van der Waals surface area contributed by atoms with Gasteiger partial charge in [-0.3, -0.25) is 14.3 Å². The molecule has 0 aromatic heterocycles. The molecule has 8 nitrogen and oxygen atoms in total. The van der Waals surface area contributed by atoms with E-state index in [0.29, 0.717) is 35.8 Å². The standard InChI is InChI=1S/C26H27N3O5S/c1-18-8-9-22(15-24(18)35(32,33)28-21-10-12-23(34-2)13-11-21)27-26(31)20-14-25(30)29(17-20)16-19-6-4-3-5-7-19/h3-13,15,20,28H,14,16-17H2,1-2H3,(H,27,31). The van der Waals surface area contributed by atoms with Gasteiger partial charge >= 0.3 is 0 Å². The van der Waals surface area contributed by atoms with Crippen molar-refractivity contribution in [2.75, 3.05) is 23.7 Å². The van der Waals surface area contributed by atoms with Crippen LogP contribution in [-0.4, -0.2) is 38.8 Å². The average Bonchev–Trinajstić information content (AvgIpc) is 3.21. The molecule has 0 saturated carbocycles. The maximum absolute atomic E-state index is 13.0.